The van der Waals surface area contributed by atoms with E-state index in [0.29, 0.717) is 25.3 Å². The number of fused-ring (bicyclic) bond motifs is 1. The Morgan fingerprint density at radius 2 is 2.11 bits per heavy atom. The van der Waals surface area contributed by atoms with Crippen molar-refractivity contribution >= 4 is 11.9 Å². The molecular formula is C15H21NO3. The summed E-state index contributed by atoms with van der Waals surface area (Å²) in [5.74, 6) is 2.27. The molecule has 0 aromatic carbocycles. The van der Waals surface area contributed by atoms with E-state index < -0.39 is 12.0 Å². The fraction of sp³-hybridized carbons (Fsp3) is 0.733. The summed E-state index contributed by atoms with van der Waals surface area (Å²) >= 11 is 0. The minimum Gasteiger partial charge on any atom is -0.480 e. The van der Waals surface area contributed by atoms with Crippen LogP contribution < -0.4 is 0 Å². The van der Waals surface area contributed by atoms with E-state index in [1.807, 2.05) is 0 Å². The van der Waals surface area contributed by atoms with Gasteiger partial charge in [0.25, 0.3) is 0 Å². The van der Waals surface area contributed by atoms with Crippen LogP contribution in [-0.2, 0) is 9.59 Å². The van der Waals surface area contributed by atoms with Crippen molar-refractivity contribution in [2.45, 2.75) is 51.0 Å². The van der Waals surface area contributed by atoms with E-state index in [1.54, 1.807) is 4.90 Å². The average molecular weight is 263 g/mol. The number of carboxylic acid groups (broad SMARTS) is 1. The van der Waals surface area contributed by atoms with Crippen molar-refractivity contribution in [3.8, 4) is 12.3 Å². The van der Waals surface area contributed by atoms with E-state index in [-0.39, 0.29) is 11.8 Å². The SMILES string of the molecule is C#CCCCCC(=O)N1CC2CCCC2C1C(=O)O. The molecule has 1 aliphatic carbocycles. The molecule has 2 aliphatic rings. The van der Waals surface area contributed by atoms with Crippen LogP contribution in [0.5, 0.6) is 0 Å². The van der Waals surface area contributed by atoms with Crippen molar-refractivity contribution in [1.29, 1.82) is 0 Å². The minimum atomic E-state index is -0.841. The average Bonchev–Trinajstić information content (AvgIpc) is 2.93. The van der Waals surface area contributed by atoms with Gasteiger partial charge in [0, 0.05) is 19.4 Å². The molecule has 1 saturated heterocycles. The van der Waals surface area contributed by atoms with Crippen molar-refractivity contribution in [2.24, 2.45) is 11.8 Å². The molecule has 1 saturated carbocycles. The number of aliphatic carboxylic acids is 1. The van der Waals surface area contributed by atoms with Crippen LogP contribution >= 0.6 is 0 Å². The fourth-order valence-electron chi connectivity index (χ4n) is 3.53. The van der Waals surface area contributed by atoms with Crippen molar-refractivity contribution in [1.82, 2.24) is 4.90 Å². The van der Waals surface area contributed by atoms with Gasteiger partial charge in [-0.2, -0.15) is 0 Å². The number of nitrogens with zero attached hydrogens (tertiary/aromatic N) is 1. The van der Waals surface area contributed by atoms with Gasteiger partial charge in [0.2, 0.25) is 5.91 Å². The topological polar surface area (TPSA) is 57.6 Å². The van der Waals surface area contributed by atoms with Crippen molar-refractivity contribution in [3.63, 3.8) is 0 Å². The lowest BCUT2D eigenvalue weighted by Crippen LogP contribution is -2.43. The third kappa shape index (κ3) is 2.91. The molecule has 1 N–H and O–H groups in total. The van der Waals surface area contributed by atoms with Crippen LogP contribution in [-0.4, -0.2) is 34.5 Å². The number of hydrogen-bond acceptors (Lipinski definition) is 2. The first-order valence-electron chi connectivity index (χ1n) is 7.11. The molecule has 0 bridgehead atoms. The molecule has 0 aromatic rings. The molecule has 0 aromatic heterocycles. The molecule has 104 valence electrons. The Hall–Kier alpha value is -1.50. The Balaban J connectivity index is 1.93. The van der Waals surface area contributed by atoms with Gasteiger partial charge in [-0.1, -0.05) is 6.42 Å². The zero-order valence-electron chi connectivity index (χ0n) is 11.2. The molecular weight excluding hydrogens is 242 g/mol. The molecule has 2 rings (SSSR count). The third-order valence-corrected chi connectivity index (χ3v) is 4.43. The maximum Gasteiger partial charge on any atom is 0.326 e. The Kier molecular flexibility index (Phi) is 4.47. The monoisotopic (exact) mass is 263 g/mol. The largest absolute Gasteiger partial charge is 0.480 e. The lowest BCUT2D eigenvalue weighted by atomic mass is 9.94. The maximum absolute atomic E-state index is 12.2. The van der Waals surface area contributed by atoms with E-state index in [0.717, 1.165) is 32.1 Å². The molecule has 0 spiro atoms. The highest BCUT2D eigenvalue weighted by Crippen LogP contribution is 2.42. The van der Waals surface area contributed by atoms with E-state index in [1.165, 1.54) is 0 Å². The Bertz CT molecular complexity index is 399. The molecule has 4 nitrogen and oxygen atoms in total. The molecule has 3 atom stereocenters. The first-order chi connectivity index (χ1) is 9.15. The summed E-state index contributed by atoms with van der Waals surface area (Å²) in [5.41, 5.74) is 0. The number of carbonyl (C=O) groups is 2. The standard InChI is InChI=1S/C15H21NO3/c1-2-3-4-5-9-13(17)16-10-11-7-6-8-12(11)14(16)15(18)19/h1,11-12,14H,3-10H2,(H,18,19). The highest BCUT2D eigenvalue weighted by Gasteiger charge is 2.49. The number of terminal acetylenes is 1. The zero-order chi connectivity index (χ0) is 13.8. The van der Waals surface area contributed by atoms with Gasteiger partial charge in [0.05, 0.1) is 0 Å². The molecule has 0 radical (unpaired) electrons. The van der Waals surface area contributed by atoms with Crippen LogP contribution in [0, 0.1) is 24.2 Å². The second-order valence-corrected chi connectivity index (χ2v) is 5.60. The van der Waals surface area contributed by atoms with Gasteiger partial charge in [-0.05, 0) is 37.5 Å². The molecule has 3 unspecified atom stereocenters. The summed E-state index contributed by atoms with van der Waals surface area (Å²) in [5, 5.41) is 9.37. The normalized spacial score (nSPS) is 29.0. The molecule has 1 aliphatic heterocycles. The van der Waals surface area contributed by atoms with Gasteiger partial charge in [-0.3, -0.25) is 4.79 Å². The minimum absolute atomic E-state index is 0.0150. The van der Waals surface area contributed by atoms with Crippen molar-refractivity contribution in [2.75, 3.05) is 6.54 Å². The van der Waals surface area contributed by atoms with Crippen LogP contribution in [0.25, 0.3) is 0 Å². The van der Waals surface area contributed by atoms with E-state index in [4.69, 9.17) is 6.42 Å². The van der Waals surface area contributed by atoms with E-state index >= 15 is 0 Å². The van der Waals surface area contributed by atoms with Gasteiger partial charge in [-0.25, -0.2) is 4.79 Å². The number of amides is 1. The number of hydrogen-bond donors (Lipinski definition) is 1. The summed E-state index contributed by atoms with van der Waals surface area (Å²) in [4.78, 5) is 25.2. The zero-order valence-corrected chi connectivity index (χ0v) is 11.2. The Morgan fingerprint density at radius 1 is 1.32 bits per heavy atom. The predicted molar refractivity (Wildman–Crippen MR) is 71.3 cm³/mol. The van der Waals surface area contributed by atoms with Crippen molar-refractivity contribution in [3.05, 3.63) is 0 Å². The van der Waals surface area contributed by atoms with Crippen LogP contribution in [0.4, 0.5) is 0 Å². The van der Waals surface area contributed by atoms with Crippen LogP contribution in [0.2, 0.25) is 0 Å². The smallest absolute Gasteiger partial charge is 0.326 e. The summed E-state index contributed by atoms with van der Waals surface area (Å²) in [6.07, 6.45) is 11.0. The molecule has 1 amide bonds. The van der Waals surface area contributed by atoms with Crippen LogP contribution in [0.3, 0.4) is 0 Å². The summed E-state index contributed by atoms with van der Waals surface area (Å²) < 4.78 is 0. The lowest BCUT2D eigenvalue weighted by Gasteiger charge is -2.24. The molecule has 19 heavy (non-hydrogen) atoms. The van der Waals surface area contributed by atoms with E-state index in [9.17, 15) is 14.7 Å². The summed E-state index contributed by atoms with van der Waals surface area (Å²) in [6.45, 7) is 0.635. The van der Waals surface area contributed by atoms with Gasteiger partial charge >= 0.3 is 5.97 Å². The summed E-state index contributed by atoms with van der Waals surface area (Å²) in [7, 11) is 0. The van der Waals surface area contributed by atoms with Crippen LogP contribution in [0.1, 0.15) is 44.9 Å². The van der Waals surface area contributed by atoms with Gasteiger partial charge in [0.1, 0.15) is 6.04 Å². The highest BCUT2D eigenvalue weighted by molar-refractivity contribution is 5.84. The Labute approximate surface area is 114 Å². The molecule has 4 heteroatoms. The number of carboxylic acids is 1. The fourth-order valence-corrected chi connectivity index (χ4v) is 3.53. The van der Waals surface area contributed by atoms with Gasteiger partial charge in [-0.15, -0.1) is 12.3 Å². The summed E-state index contributed by atoms with van der Waals surface area (Å²) in [6, 6.07) is -0.590. The van der Waals surface area contributed by atoms with E-state index in [2.05, 4.69) is 5.92 Å². The Morgan fingerprint density at radius 3 is 2.79 bits per heavy atom. The first kappa shape index (κ1) is 13.9. The number of carbonyl (C=O) groups excluding carboxylic acids is 1. The number of unbranched alkanes of at least 4 members (excludes halogenated alkanes) is 2. The van der Waals surface area contributed by atoms with Crippen molar-refractivity contribution < 1.29 is 14.7 Å². The maximum atomic E-state index is 12.2. The van der Waals surface area contributed by atoms with Crippen LogP contribution in [0.15, 0.2) is 0 Å². The first-order valence-corrected chi connectivity index (χ1v) is 7.11. The quantitative estimate of drug-likeness (QED) is 0.608. The van der Waals surface area contributed by atoms with Gasteiger partial charge < -0.3 is 10.0 Å². The third-order valence-electron chi connectivity index (χ3n) is 4.43. The second kappa shape index (κ2) is 6.10. The highest BCUT2D eigenvalue weighted by atomic mass is 16.4. The number of likely N-dealkylation sites (tertiary alicyclic amines) is 1. The van der Waals surface area contributed by atoms with Gasteiger partial charge in [0.15, 0.2) is 0 Å². The predicted octanol–water partition coefficient (Wildman–Crippen LogP) is 1.89. The number of rotatable bonds is 5. The second-order valence-electron chi connectivity index (χ2n) is 5.60. The molecule has 1 heterocycles. The lowest BCUT2D eigenvalue weighted by molar-refractivity contribution is -0.149. The molecule has 2 fully saturated rings.